The van der Waals surface area contributed by atoms with E-state index in [9.17, 15) is 0 Å². The van der Waals surface area contributed by atoms with Crippen LogP contribution in [0, 0.1) is 11.7 Å². The van der Waals surface area contributed by atoms with Gasteiger partial charge in [0.2, 0.25) is 4.77 Å². The number of anilines is 1. The summed E-state index contributed by atoms with van der Waals surface area (Å²) >= 11 is 7.09. The van der Waals surface area contributed by atoms with E-state index in [-0.39, 0.29) is 0 Å². The average molecular weight is 372 g/mol. The van der Waals surface area contributed by atoms with Gasteiger partial charge in [-0.2, -0.15) is 4.98 Å². The molecule has 1 aromatic carbocycles. The Morgan fingerprint density at radius 2 is 2.00 bits per heavy atom. The highest BCUT2D eigenvalue weighted by molar-refractivity contribution is 7.71. The lowest BCUT2D eigenvalue weighted by Gasteiger charge is -2.36. The number of nitrogens with zero attached hydrogens (tertiary/aromatic N) is 4. The van der Waals surface area contributed by atoms with E-state index in [1.165, 1.54) is 11.3 Å². The van der Waals surface area contributed by atoms with E-state index >= 15 is 0 Å². The number of benzene rings is 1. The number of hydrogen-bond acceptors (Lipinski definition) is 5. The SMILES string of the molecule is Cc1cccc(N2CCN(Cn3[nH]c(-c4cccs4)nc3=S)CC2)c1. The van der Waals surface area contributed by atoms with E-state index in [4.69, 9.17) is 12.2 Å². The molecular formula is C18H21N5S2. The fourth-order valence-corrected chi connectivity index (χ4v) is 4.01. The van der Waals surface area contributed by atoms with Gasteiger partial charge in [0.1, 0.15) is 0 Å². The highest BCUT2D eigenvalue weighted by Crippen LogP contribution is 2.21. The zero-order chi connectivity index (χ0) is 17.2. The number of aryl methyl sites for hydroxylation is 1. The van der Waals surface area contributed by atoms with Crippen LogP contribution in [0.4, 0.5) is 5.69 Å². The van der Waals surface area contributed by atoms with Crippen molar-refractivity contribution in [3.05, 3.63) is 52.1 Å². The van der Waals surface area contributed by atoms with Crippen LogP contribution in [0.25, 0.3) is 10.7 Å². The first-order valence-electron chi connectivity index (χ1n) is 8.44. The molecule has 1 N–H and O–H groups in total. The van der Waals surface area contributed by atoms with Gasteiger partial charge >= 0.3 is 0 Å². The van der Waals surface area contributed by atoms with Crippen molar-refractivity contribution in [3.63, 3.8) is 0 Å². The molecule has 4 rings (SSSR count). The molecule has 5 nitrogen and oxygen atoms in total. The Balaban J connectivity index is 1.40. The van der Waals surface area contributed by atoms with Crippen LogP contribution in [0.5, 0.6) is 0 Å². The number of thiophene rings is 1. The quantitative estimate of drug-likeness (QED) is 0.709. The normalized spacial score (nSPS) is 15.6. The Morgan fingerprint density at radius 1 is 1.16 bits per heavy atom. The summed E-state index contributed by atoms with van der Waals surface area (Å²) in [4.78, 5) is 10.5. The second kappa shape index (κ2) is 7.11. The van der Waals surface area contributed by atoms with Crippen LogP contribution in [-0.2, 0) is 6.67 Å². The van der Waals surface area contributed by atoms with E-state index in [0.29, 0.717) is 4.77 Å². The van der Waals surface area contributed by atoms with Crippen LogP contribution in [0.15, 0.2) is 41.8 Å². The van der Waals surface area contributed by atoms with E-state index in [1.807, 2.05) is 10.7 Å². The number of nitrogens with one attached hydrogen (secondary N) is 1. The highest BCUT2D eigenvalue weighted by atomic mass is 32.1. The minimum absolute atomic E-state index is 0.615. The molecule has 1 aliphatic heterocycles. The van der Waals surface area contributed by atoms with Crippen LogP contribution < -0.4 is 4.90 Å². The summed E-state index contributed by atoms with van der Waals surface area (Å²) in [6.07, 6.45) is 0. The lowest BCUT2D eigenvalue weighted by atomic mass is 10.2. The lowest BCUT2D eigenvalue weighted by Crippen LogP contribution is -2.47. The molecule has 7 heteroatoms. The molecule has 3 aromatic rings. The fourth-order valence-electron chi connectivity index (χ4n) is 3.15. The first-order chi connectivity index (χ1) is 12.2. The molecule has 0 saturated carbocycles. The summed E-state index contributed by atoms with van der Waals surface area (Å²) in [6.45, 7) is 7.00. The van der Waals surface area contributed by atoms with E-state index in [0.717, 1.165) is 43.5 Å². The average Bonchev–Trinajstić information content (AvgIpc) is 3.26. The molecular weight excluding hydrogens is 350 g/mol. The monoisotopic (exact) mass is 371 g/mol. The van der Waals surface area contributed by atoms with Crippen molar-refractivity contribution in [1.29, 1.82) is 0 Å². The Hall–Kier alpha value is -1.96. The van der Waals surface area contributed by atoms with Gasteiger partial charge in [0, 0.05) is 31.9 Å². The third-order valence-corrected chi connectivity index (χ3v) is 5.70. The summed E-state index contributed by atoms with van der Waals surface area (Å²) in [5.74, 6) is 0.860. The maximum atomic E-state index is 5.42. The number of aromatic amines is 1. The molecule has 2 aromatic heterocycles. The topological polar surface area (TPSA) is 40.1 Å². The molecule has 130 valence electrons. The van der Waals surface area contributed by atoms with Gasteiger partial charge in [-0.3, -0.25) is 10.00 Å². The predicted molar refractivity (Wildman–Crippen MR) is 106 cm³/mol. The van der Waals surface area contributed by atoms with E-state index in [2.05, 4.69) is 62.5 Å². The number of aromatic nitrogens is 3. The standard InChI is InChI=1S/C18H21N5S2/c1-14-4-2-5-15(12-14)22-9-7-21(8-10-22)13-23-18(24)19-17(20-23)16-6-3-11-25-16/h2-6,11-12H,7-10,13H2,1H3,(H,19,20,24). The number of H-pyrrole nitrogens is 1. The first kappa shape index (κ1) is 16.5. The van der Waals surface area contributed by atoms with Gasteiger partial charge in [0.25, 0.3) is 0 Å². The molecule has 0 spiro atoms. The van der Waals surface area contributed by atoms with Crippen molar-refractivity contribution in [2.75, 3.05) is 31.1 Å². The van der Waals surface area contributed by atoms with Gasteiger partial charge in [-0.05, 0) is 48.3 Å². The maximum Gasteiger partial charge on any atom is 0.217 e. The third kappa shape index (κ3) is 3.68. The zero-order valence-corrected chi connectivity index (χ0v) is 15.8. The van der Waals surface area contributed by atoms with Crippen molar-refractivity contribution in [2.24, 2.45) is 0 Å². The van der Waals surface area contributed by atoms with Gasteiger partial charge in [-0.15, -0.1) is 11.3 Å². The Labute approximate surface area is 156 Å². The van der Waals surface area contributed by atoms with Crippen LogP contribution in [0.3, 0.4) is 0 Å². The number of hydrogen-bond donors (Lipinski definition) is 1. The molecule has 1 saturated heterocycles. The Kier molecular flexibility index (Phi) is 4.70. The molecule has 0 bridgehead atoms. The summed E-state index contributed by atoms with van der Waals surface area (Å²) in [5, 5.41) is 5.39. The van der Waals surface area contributed by atoms with Crippen molar-refractivity contribution in [1.82, 2.24) is 19.7 Å². The second-order valence-corrected chi connectivity index (χ2v) is 7.66. The molecule has 1 aliphatic rings. The van der Waals surface area contributed by atoms with Crippen molar-refractivity contribution in [3.8, 4) is 10.7 Å². The number of rotatable bonds is 4. The summed E-state index contributed by atoms with van der Waals surface area (Å²) in [5.41, 5.74) is 2.63. The summed E-state index contributed by atoms with van der Waals surface area (Å²) in [6, 6.07) is 12.8. The minimum Gasteiger partial charge on any atom is -0.369 e. The molecule has 1 fully saturated rings. The Morgan fingerprint density at radius 3 is 2.72 bits per heavy atom. The Bertz CT molecular complexity index is 888. The van der Waals surface area contributed by atoms with Gasteiger partial charge in [-0.1, -0.05) is 18.2 Å². The minimum atomic E-state index is 0.615. The summed E-state index contributed by atoms with van der Waals surface area (Å²) < 4.78 is 2.58. The van der Waals surface area contributed by atoms with Crippen LogP contribution in [0.2, 0.25) is 0 Å². The van der Waals surface area contributed by atoms with Crippen LogP contribution >= 0.6 is 23.6 Å². The smallest absolute Gasteiger partial charge is 0.217 e. The zero-order valence-electron chi connectivity index (χ0n) is 14.2. The van der Waals surface area contributed by atoms with Gasteiger partial charge < -0.3 is 4.90 Å². The molecule has 0 radical (unpaired) electrons. The van der Waals surface area contributed by atoms with E-state index in [1.54, 1.807) is 11.3 Å². The number of piperazine rings is 1. The lowest BCUT2D eigenvalue weighted by molar-refractivity contribution is 0.194. The van der Waals surface area contributed by atoms with Crippen molar-refractivity contribution < 1.29 is 0 Å². The molecule has 0 atom stereocenters. The van der Waals surface area contributed by atoms with Gasteiger partial charge in [-0.25, -0.2) is 4.68 Å². The molecule has 25 heavy (non-hydrogen) atoms. The highest BCUT2D eigenvalue weighted by Gasteiger charge is 2.18. The molecule has 0 amide bonds. The van der Waals surface area contributed by atoms with E-state index < -0.39 is 0 Å². The molecule has 0 aliphatic carbocycles. The van der Waals surface area contributed by atoms with Crippen molar-refractivity contribution >= 4 is 29.2 Å². The van der Waals surface area contributed by atoms with Crippen molar-refractivity contribution in [2.45, 2.75) is 13.6 Å². The second-order valence-electron chi connectivity index (χ2n) is 6.35. The molecule has 0 unspecified atom stereocenters. The van der Waals surface area contributed by atoms with Gasteiger partial charge in [0.15, 0.2) is 5.82 Å². The third-order valence-electron chi connectivity index (χ3n) is 4.51. The fraction of sp³-hybridized carbons (Fsp3) is 0.333. The predicted octanol–water partition coefficient (Wildman–Crippen LogP) is 3.76. The van der Waals surface area contributed by atoms with Crippen LogP contribution in [0.1, 0.15) is 5.56 Å². The first-order valence-corrected chi connectivity index (χ1v) is 9.72. The largest absolute Gasteiger partial charge is 0.369 e. The van der Waals surface area contributed by atoms with Crippen LogP contribution in [-0.4, -0.2) is 45.8 Å². The molecule has 3 heterocycles. The van der Waals surface area contributed by atoms with Gasteiger partial charge in [0.05, 0.1) is 11.5 Å². The summed E-state index contributed by atoms with van der Waals surface area (Å²) in [7, 11) is 0. The maximum absolute atomic E-state index is 5.42.